The van der Waals surface area contributed by atoms with E-state index in [2.05, 4.69) is 17.9 Å². The molecule has 1 aromatic rings. The molecule has 0 aromatic heterocycles. The molecule has 3 heteroatoms. The van der Waals surface area contributed by atoms with E-state index in [0.29, 0.717) is 0 Å². The summed E-state index contributed by atoms with van der Waals surface area (Å²) >= 11 is 1.49. The van der Waals surface area contributed by atoms with Crippen LogP contribution in [0, 0.1) is 0 Å². The van der Waals surface area contributed by atoms with Gasteiger partial charge in [0.2, 0.25) is 5.12 Å². The van der Waals surface area contributed by atoms with Gasteiger partial charge in [-0.05, 0) is 44.3 Å². The zero-order chi connectivity index (χ0) is 14.9. The molecule has 1 aliphatic rings. The normalized spacial score (nSPS) is 16.0. The molecule has 0 amide bonds. The van der Waals surface area contributed by atoms with Gasteiger partial charge < -0.3 is 4.90 Å². The summed E-state index contributed by atoms with van der Waals surface area (Å²) in [5, 5.41) is 0.249. The highest BCUT2D eigenvalue weighted by atomic mass is 32.2. The number of carbonyl (C=O) groups excluding carboxylic acids is 1. The van der Waals surface area contributed by atoms with Crippen LogP contribution in [0.15, 0.2) is 24.3 Å². The lowest BCUT2D eigenvalue weighted by Gasteiger charge is -2.25. The van der Waals surface area contributed by atoms with Gasteiger partial charge in [-0.25, -0.2) is 0 Å². The maximum Gasteiger partial charge on any atom is 0.219 e. The average Bonchev–Trinajstić information content (AvgIpc) is 2.54. The molecule has 1 fully saturated rings. The molecule has 1 saturated heterocycles. The maximum atomic E-state index is 12.4. The quantitative estimate of drug-likeness (QED) is 0.745. The van der Waals surface area contributed by atoms with Crippen molar-refractivity contribution in [3.8, 4) is 0 Å². The Morgan fingerprint density at radius 1 is 1.19 bits per heavy atom. The van der Waals surface area contributed by atoms with Crippen LogP contribution in [0.1, 0.15) is 54.9 Å². The highest BCUT2D eigenvalue weighted by Crippen LogP contribution is 2.19. The van der Waals surface area contributed by atoms with Gasteiger partial charge in [0.15, 0.2) is 0 Å². The molecule has 116 valence electrons. The number of nitrogens with zero attached hydrogens (tertiary/aromatic N) is 1. The predicted molar refractivity (Wildman–Crippen MR) is 92.1 cm³/mol. The molecule has 0 radical (unpaired) electrons. The van der Waals surface area contributed by atoms with Crippen molar-refractivity contribution in [3.05, 3.63) is 35.4 Å². The van der Waals surface area contributed by atoms with Crippen LogP contribution in [0.5, 0.6) is 0 Å². The van der Waals surface area contributed by atoms with Gasteiger partial charge in [-0.1, -0.05) is 55.8 Å². The van der Waals surface area contributed by atoms with Crippen molar-refractivity contribution in [1.82, 2.24) is 4.90 Å². The summed E-state index contributed by atoms with van der Waals surface area (Å²) in [5.41, 5.74) is 2.14. The zero-order valence-corrected chi connectivity index (χ0v) is 14.0. The van der Waals surface area contributed by atoms with Gasteiger partial charge in [0, 0.05) is 17.9 Å². The van der Waals surface area contributed by atoms with E-state index in [1.165, 1.54) is 56.1 Å². The van der Waals surface area contributed by atoms with Crippen LogP contribution in [0.2, 0.25) is 0 Å². The minimum absolute atomic E-state index is 0.249. The molecule has 1 aliphatic heterocycles. The van der Waals surface area contributed by atoms with Crippen molar-refractivity contribution in [2.24, 2.45) is 0 Å². The summed E-state index contributed by atoms with van der Waals surface area (Å²) in [4.78, 5) is 14.9. The molecule has 0 unspecified atom stereocenters. The molecule has 21 heavy (non-hydrogen) atoms. The molecule has 0 N–H and O–H groups in total. The van der Waals surface area contributed by atoms with Crippen molar-refractivity contribution >= 4 is 16.9 Å². The number of carbonyl (C=O) groups is 1. The number of piperidine rings is 1. The second kappa shape index (κ2) is 9.26. The second-order valence-corrected chi connectivity index (χ2v) is 6.87. The fourth-order valence-corrected chi connectivity index (χ4v) is 3.72. The van der Waals surface area contributed by atoms with E-state index < -0.39 is 0 Å². The third-order valence-corrected chi connectivity index (χ3v) is 5.00. The third kappa shape index (κ3) is 5.48. The molecular formula is C18H27NOS. The molecule has 2 nitrogen and oxygen atoms in total. The first-order chi connectivity index (χ1) is 10.3. The summed E-state index contributed by atoms with van der Waals surface area (Å²) in [7, 11) is 0. The molecule has 1 aromatic carbocycles. The molecule has 0 bridgehead atoms. The first-order valence-electron chi connectivity index (χ1n) is 8.28. The smallest absolute Gasteiger partial charge is 0.219 e. The molecule has 0 aliphatic carbocycles. The predicted octanol–water partition coefficient (Wildman–Crippen LogP) is 4.39. The van der Waals surface area contributed by atoms with E-state index in [4.69, 9.17) is 0 Å². The number of benzene rings is 1. The van der Waals surface area contributed by atoms with Crippen molar-refractivity contribution in [2.45, 2.75) is 45.4 Å². The van der Waals surface area contributed by atoms with Gasteiger partial charge >= 0.3 is 0 Å². The van der Waals surface area contributed by atoms with E-state index in [9.17, 15) is 4.79 Å². The molecule has 1 heterocycles. The summed E-state index contributed by atoms with van der Waals surface area (Å²) in [5.74, 6) is 0.918. The topological polar surface area (TPSA) is 20.3 Å². The minimum Gasteiger partial charge on any atom is -0.303 e. The Balaban J connectivity index is 1.82. The lowest BCUT2D eigenvalue weighted by molar-refractivity contribution is 0.108. The Kier molecular flexibility index (Phi) is 7.31. The Labute approximate surface area is 133 Å². The zero-order valence-electron chi connectivity index (χ0n) is 13.1. The molecule has 2 rings (SSSR count). The van der Waals surface area contributed by atoms with Crippen molar-refractivity contribution in [1.29, 1.82) is 0 Å². The Hall–Kier alpha value is -0.800. The first kappa shape index (κ1) is 16.6. The number of thioether (sulfide) groups is 1. The number of rotatable bonds is 7. The van der Waals surface area contributed by atoms with Crippen LogP contribution in [-0.4, -0.2) is 35.4 Å². The lowest BCUT2D eigenvalue weighted by atomic mass is 10.0. The minimum atomic E-state index is 0.249. The SMILES string of the molecule is CCCCc1ccccc1C(=O)SCCN1CCCCC1. The largest absolute Gasteiger partial charge is 0.303 e. The fourth-order valence-electron chi connectivity index (χ4n) is 2.83. The van der Waals surface area contributed by atoms with Gasteiger partial charge in [-0.2, -0.15) is 0 Å². The standard InChI is InChI=1S/C18H27NOS/c1-2-3-9-16-10-5-6-11-17(16)18(20)21-15-14-19-12-7-4-8-13-19/h5-6,10-11H,2-4,7-9,12-15H2,1H3. The van der Waals surface area contributed by atoms with Crippen LogP contribution in [0.3, 0.4) is 0 Å². The summed E-state index contributed by atoms with van der Waals surface area (Å²) < 4.78 is 0. The second-order valence-electron chi connectivity index (χ2n) is 5.80. The number of aryl methyl sites for hydroxylation is 1. The van der Waals surface area contributed by atoms with E-state index in [1.54, 1.807) is 0 Å². The van der Waals surface area contributed by atoms with Crippen molar-refractivity contribution in [3.63, 3.8) is 0 Å². The Morgan fingerprint density at radius 3 is 2.71 bits per heavy atom. The number of hydrogen-bond acceptors (Lipinski definition) is 3. The van der Waals surface area contributed by atoms with E-state index in [-0.39, 0.29) is 5.12 Å². The van der Waals surface area contributed by atoms with Crippen LogP contribution in [0.4, 0.5) is 0 Å². The van der Waals surface area contributed by atoms with Gasteiger partial charge in [0.1, 0.15) is 0 Å². The number of likely N-dealkylation sites (tertiary alicyclic amines) is 1. The number of unbranched alkanes of at least 4 members (excludes halogenated alkanes) is 1. The first-order valence-corrected chi connectivity index (χ1v) is 9.27. The van der Waals surface area contributed by atoms with E-state index in [0.717, 1.165) is 30.7 Å². The fraction of sp³-hybridized carbons (Fsp3) is 0.611. The monoisotopic (exact) mass is 305 g/mol. The maximum absolute atomic E-state index is 12.4. The summed E-state index contributed by atoms with van der Waals surface area (Å²) in [6.45, 7) is 5.66. The lowest BCUT2D eigenvalue weighted by Crippen LogP contribution is -2.31. The molecule has 0 saturated carbocycles. The Morgan fingerprint density at radius 2 is 1.95 bits per heavy atom. The van der Waals surface area contributed by atoms with Gasteiger partial charge in [0.25, 0.3) is 0 Å². The van der Waals surface area contributed by atoms with E-state index >= 15 is 0 Å². The molecule has 0 atom stereocenters. The third-order valence-electron chi connectivity index (χ3n) is 4.13. The van der Waals surface area contributed by atoms with Crippen LogP contribution >= 0.6 is 11.8 Å². The summed E-state index contributed by atoms with van der Waals surface area (Å²) in [6, 6.07) is 8.11. The highest BCUT2D eigenvalue weighted by Gasteiger charge is 2.13. The van der Waals surface area contributed by atoms with Crippen molar-refractivity contribution < 1.29 is 4.79 Å². The Bertz CT molecular complexity index is 441. The van der Waals surface area contributed by atoms with Gasteiger partial charge in [-0.15, -0.1) is 0 Å². The van der Waals surface area contributed by atoms with Gasteiger partial charge in [0.05, 0.1) is 0 Å². The molecule has 0 spiro atoms. The highest BCUT2D eigenvalue weighted by molar-refractivity contribution is 8.14. The van der Waals surface area contributed by atoms with Crippen LogP contribution in [0.25, 0.3) is 0 Å². The molecular weight excluding hydrogens is 278 g/mol. The van der Waals surface area contributed by atoms with Gasteiger partial charge in [-0.3, -0.25) is 4.79 Å². The van der Waals surface area contributed by atoms with Crippen LogP contribution in [-0.2, 0) is 6.42 Å². The summed E-state index contributed by atoms with van der Waals surface area (Å²) in [6.07, 6.45) is 7.35. The number of hydrogen-bond donors (Lipinski definition) is 0. The van der Waals surface area contributed by atoms with Crippen LogP contribution < -0.4 is 0 Å². The van der Waals surface area contributed by atoms with E-state index in [1.807, 2.05) is 18.2 Å². The average molecular weight is 305 g/mol. The van der Waals surface area contributed by atoms with Crippen molar-refractivity contribution in [2.75, 3.05) is 25.4 Å².